The van der Waals surface area contributed by atoms with Gasteiger partial charge in [-0.25, -0.2) is 4.98 Å². The van der Waals surface area contributed by atoms with Crippen molar-refractivity contribution in [3.63, 3.8) is 0 Å². The van der Waals surface area contributed by atoms with Crippen LogP contribution in [0.4, 0.5) is 34.6 Å². The van der Waals surface area contributed by atoms with Crippen LogP contribution in [0.25, 0.3) is 0 Å². The first kappa shape index (κ1) is 22.5. The van der Waals surface area contributed by atoms with Gasteiger partial charge in [-0.1, -0.05) is 30.3 Å². The number of nitrogens with zero attached hydrogens (tertiary/aromatic N) is 3. The fourth-order valence-corrected chi connectivity index (χ4v) is 3.85. The zero-order valence-corrected chi connectivity index (χ0v) is 18.9. The highest BCUT2D eigenvalue weighted by atomic mass is 16.3. The van der Waals surface area contributed by atoms with E-state index in [0.717, 1.165) is 0 Å². The Hall–Kier alpha value is -5.31. The first-order valence-electron chi connectivity index (χ1n) is 11.0. The van der Waals surface area contributed by atoms with Crippen LogP contribution in [0.1, 0.15) is 0 Å². The van der Waals surface area contributed by atoms with Crippen LogP contribution in [-0.2, 0) is 0 Å². The van der Waals surface area contributed by atoms with Gasteiger partial charge in [-0.3, -0.25) is 19.4 Å². The molecule has 3 heterocycles. The Bertz CT molecular complexity index is 1530. The van der Waals surface area contributed by atoms with Crippen molar-refractivity contribution >= 4 is 34.6 Å². The molecular formula is C27H21N5O4. The van der Waals surface area contributed by atoms with Crippen molar-refractivity contribution in [1.29, 1.82) is 0 Å². The quantitative estimate of drug-likeness (QED) is 0.275. The first-order valence-corrected chi connectivity index (χ1v) is 11.0. The summed E-state index contributed by atoms with van der Waals surface area (Å²) < 4.78 is 0. The van der Waals surface area contributed by atoms with Gasteiger partial charge in [0.1, 0.15) is 34.8 Å². The summed E-state index contributed by atoms with van der Waals surface area (Å²) in [5, 5.41) is 20.2. The highest BCUT2D eigenvalue weighted by Crippen LogP contribution is 2.37. The number of H-pyrrole nitrogens is 2. The molecule has 0 aliphatic heterocycles. The van der Waals surface area contributed by atoms with Gasteiger partial charge in [0.2, 0.25) is 11.1 Å². The monoisotopic (exact) mass is 479 g/mol. The van der Waals surface area contributed by atoms with Gasteiger partial charge >= 0.3 is 0 Å². The second-order valence-electron chi connectivity index (χ2n) is 7.87. The molecule has 0 unspecified atom stereocenters. The number of pyridine rings is 3. The van der Waals surface area contributed by atoms with Crippen LogP contribution in [0, 0.1) is 0 Å². The zero-order chi connectivity index (χ0) is 25.1. The van der Waals surface area contributed by atoms with Crippen LogP contribution >= 0.6 is 0 Å². The van der Waals surface area contributed by atoms with E-state index in [9.17, 15) is 19.8 Å². The van der Waals surface area contributed by atoms with Crippen molar-refractivity contribution in [1.82, 2.24) is 15.0 Å². The molecule has 0 aliphatic carbocycles. The largest absolute Gasteiger partial charge is 0.508 e. The van der Waals surface area contributed by atoms with E-state index in [1.807, 2.05) is 0 Å². The maximum absolute atomic E-state index is 12.1. The lowest BCUT2D eigenvalue weighted by molar-refractivity contribution is 0.475. The van der Waals surface area contributed by atoms with Crippen LogP contribution < -0.4 is 20.9 Å². The van der Waals surface area contributed by atoms with Gasteiger partial charge < -0.3 is 20.2 Å². The smallest absolute Gasteiger partial charge is 0.249 e. The Morgan fingerprint density at radius 2 is 0.972 bits per heavy atom. The van der Waals surface area contributed by atoms with Crippen molar-refractivity contribution in [3.05, 3.63) is 124 Å². The van der Waals surface area contributed by atoms with Crippen molar-refractivity contribution in [2.45, 2.75) is 0 Å². The van der Waals surface area contributed by atoms with Gasteiger partial charge in [-0.15, -0.1) is 0 Å². The third-order valence-corrected chi connectivity index (χ3v) is 5.34. The fourth-order valence-electron chi connectivity index (χ4n) is 3.85. The van der Waals surface area contributed by atoms with Crippen molar-refractivity contribution in [2.24, 2.45) is 0 Å². The predicted molar refractivity (Wildman–Crippen MR) is 138 cm³/mol. The molecule has 2 aromatic carbocycles. The SMILES string of the molecule is O=c1cccc(N(c2cccc(O)c2)c2cccc(N(c3cccc(O)c3)c3cccc(=O)[nH]3)n2)[nH]1. The number of aromatic hydroxyl groups is 2. The van der Waals surface area contributed by atoms with E-state index in [4.69, 9.17) is 4.98 Å². The van der Waals surface area contributed by atoms with Crippen LogP contribution in [0.2, 0.25) is 0 Å². The van der Waals surface area contributed by atoms with Crippen molar-refractivity contribution < 1.29 is 10.2 Å². The molecule has 0 saturated heterocycles. The summed E-state index contributed by atoms with van der Waals surface area (Å²) in [6.07, 6.45) is 0. The highest BCUT2D eigenvalue weighted by Gasteiger charge is 2.19. The topological polar surface area (TPSA) is 126 Å². The average molecular weight is 479 g/mol. The van der Waals surface area contributed by atoms with Gasteiger partial charge in [-0.2, -0.15) is 0 Å². The molecule has 0 fully saturated rings. The Labute approximate surface area is 205 Å². The molecule has 0 atom stereocenters. The molecule has 5 rings (SSSR count). The van der Waals surface area contributed by atoms with Crippen molar-refractivity contribution in [3.8, 4) is 11.5 Å². The van der Waals surface area contributed by atoms with E-state index < -0.39 is 0 Å². The molecule has 0 radical (unpaired) electrons. The van der Waals surface area contributed by atoms with E-state index in [-0.39, 0.29) is 22.6 Å². The Morgan fingerprint density at radius 3 is 1.39 bits per heavy atom. The Morgan fingerprint density at radius 1 is 0.556 bits per heavy atom. The van der Waals surface area contributed by atoms with Gasteiger partial charge in [0, 0.05) is 24.3 Å². The van der Waals surface area contributed by atoms with Crippen molar-refractivity contribution in [2.75, 3.05) is 9.80 Å². The number of phenols is 2. The molecule has 0 aliphatic rings. The molecule has 9 heteroatoms. The summed E-state index contributed by atoms with van der Waals surface area (Å²) in [6, 6.07) is 28.0. The maximum Gasteiger partial charge on any atom is 0.249 e. The van der Waals surface area contributed by atoms with Gasteiger partial charge in [0.15, 0.2) is 0 Å². The number of hydrogen-bond acceptors (Lipinski definition) is 7. The number of benzene rings is 2. The third kappa shape index (κ3) is 4.66. The molecule has 4 N–H and O–H groups in total. The summed E-state index contributed by atoms with van der Waals surface area (Å²) >= 11 is 0. The molecule has 3 aromatic heterocycles. The zero-order valence-electron chi connectivity index (χ0n) is 18.9. The average Bonchev–Trinajstić information content (AvgIpc) is 2.85. The molecule has 5 aromatic rings. The minimum atomic E-state index is -0.294. The molecule has 178 valence electrons. The molecular weight excluding hydrogens is 458 g/mol. The number of aromatic amines is 2. The minimum absolute atomic E-state index is 0.0511. The molecule has 0 bridgehead atoms. The van der Waals surface area contributed by atoms with Crippen LogP contribution in [0.15, 0.2) is 113 Å². The number of rotatable bonds is 6. The van der Waals surface area contributed by atoms with Crippen LogP contribution in [-0.4, -0.2) is 25.2 Å². The fraction of sp³-hybridized carbons (Fsp3) is 0. The normalized spacial score (nSPS) is 10.7. The Kier molecular flexibility index (Phi) is 5.94. The van der Waals surface area contributed by atoms with E-state index in [1.54, 1.807) is 101 Å². The van der Waals surface area contributed by atoms with Gasteiger partial charge in [0.25, 0.3) is 0 Å². The van der Waals surface area contributed by atoms with E-state index in [0.29, 0.717) is 34.6 Å². The van der Waals surface area contributed by atoms with Gasteiger partial charge in [-0.05, 0) is 48.5 Å². The number of nitrogens with one attached hydrogen (secondary N) is 2. The molecule has 0 saturated carbocycles. The summed E-state index contributed by atoms with van der Waals surface area (Å²) in [6.45, 7) is 0. The minimum Gasteiger partial charge on any atom is -0.508 e. The number of aromatic nitrogens is 3. The van der Waals surface area contributed by atoms with E-state index >= 15 is 0 Å². The highest BCUT2D eigenvalue weighted by molar-refractivity contribution is 5.77. The summed E-state index contributed by atoms with van der Waals surface area (Å²) in [5.41, 5.74) is 0.547. The second-order valence-corrected chi connectivity index (χ2v) is 7.87. The number of phenolic OH excluding ortho intramolecular Hbond substituents is 2. The number of anilines is 6. The second kappa shape index (κ2) is 9.51. The molecule has 9 nitrogen and oxygen atoms in total. The lowest BCUT2D eigenvalue weighted by atomic mass is 10.2. The summed E-state index contributed by atoms with van der Waals surface area (Å²) in [7, 11) is 0. The summed E-state index contributed by atoms with van der Waals surface area (Å²) in [4.78, 5) is 38.1. The molecule has 0 spiro atoms. The molecule has 36 heavy (non-hydrogen) atoms. The van der Waals surface area contributed by atoms with E-state index in [1.165, 1.54) is 12.1 Å². The number of hydrogen-bond donors (Lipinski definition) is 4. The third-order valence-electron chi connectivity index (χ3n) is 5.34. The van der Waals surface area contributed by atoms with E-state index in [2.05, 4.69) is 9.97 Å². The lowest BCUT2D eigenvalue weighted by Crippen LogP contribution is -2.19. The lowest BCUT2D eigenvalue weighted by Gasteiger charge is -2.27. The Balaban J connectivity index is 1.70. The maximum atomic E-state index is 12.1. The first-order chi connectivity index (χ1) is 17.5. The molecule has 0 amide bonds. The summed E-state index contributed by atoms with van der Waals surface area (Å²) in [5.74, 6) is 1.85. The predicted octanol–water partition coefficient (Wildman–Crippen LogP) is 4.81. The standard InChI is InChI=1S/C27H21N5O4/c33-20-8-1-6-18(16-20)31(24-12-4-14-26(35)29-24)22-10-3-11-23(28-22)32(19-7-2-9-21(34)17-19)25-13-5-15-27(36)30-25/h1-17,33-34H,(H,29,35)(H,30,36). The van der Waals surface area contributed by atoms with Crippen LogP contribution in [0.3, 0.4) is 0 Å². The van der Waals surface area contributed by atoms with Crippen LogP contribution in [0.5, 0.6) is 11.5 Å². The van der Waals surface area contributed by atoms with Gasteiger partial charge in [0.05, 0.1) is 11.4 Å².